The van der Waals surface area contributed by atoms with Gasteiger partial charge in [-0.3, -0.25) is 9.59 Å². The number of unbranched alkanes of at least 4 members (excludes halogenated alkanes) is 1. The third-order valence-electron chi connectivity index (χ3n) is 2.48. The molecule has 0 fully saturated rings. The van der Waals surface area contributed by atoms with Crippen molar-refractivity contribution in [3.63, 3.8) is 0 Å². The predicted octanol–water partition coefficient (Wildman–Crippen LogP) is 0.605. The van der Waals surface area contributed by atoms with Gasteiger partial charge in [0.25, 0.3) is 11.6 Å². The summed E-state index contributed by atoms with van der Waals surface area (Å²) >= 11 is 0. The van der Waals surface area contributed by atoms with E-state index in [2.05, 4.69) is 4.84 Å². The first-order valence-corrected chi connectivity index (χ1v) is 6.18. The predicted molar refractivity (Wildman–Crippen MR) is 65.6 cm³/mol. The lowest BCUT2D eigenvalue weighted by atomic mass is 10.0. The molecule has 0 rings (SSSR count). The molecule has 0 aliphatic carbocycles. The van der Waals surface area contributed by atoms with Crippen LogP contribution in [0.4, 0.5) is 0 Å². The molecule has 0 aliphatic rings. The number of hydrogen-bond donors (Lipinski definition) is 1. The summed E-state index contributed by atoms with van der Waals surface area (Å²) in [5.74, 6) is -0.105. The number of nitrogens with zero attached hydrogens (tertiary/aromatic N) is 1. The van der Waals surface area contributed by atoms with Gasteiger partial charge < -0.3 is 15.3 Å². The number of carbonyl (C=O) groups is 2. The lowest BCUT2D eigenvalue weighted by Gasteiger charge is -2.14. The highest BCUT2D eigenvalue weighted by Crippen LogP contribution is 2.10. The van der Waals surface area contributed by atoms with E-state index in [0.717, 1.165) is 12.8 Å². The van der Waals surface area contributed by atoms with E-state index in [4.69, 9.17) is 10.5 Å². The molecule has 0 spiro atoms. The van der Waals surface area contributed by atoms with E-state index >= 15 is 0 Å². The second-order valence-electron chi connectivity index (χ2n) is 4.04. The zero-order valence-corrected chi connectivity index (χ0v) is 10.8. The highest BCUT2D eigenvalue weighted by Gasteiger charge is 2.14. The van der Waals surface area contributed by atoms with Crippen LogP contribution in [0, 0.1) is 10.1 Å². The third-order valence-corrected chi connectivity index (χ3v) is 2.48. The van der Waals surface area contributed by atoms with Crippen molar-refractivity contribution >= 4 is 12.3 Å². The average molecular weight is 276 g/mol. The van der Waals surface area contributed by atoms with Gasteiger partial charge in [-0.25, -0.2) is 0 Å². The minimum Gasteiger partial charge on any atom is -0.464 e. The van der Waals surface area contributed by atoms with Gasteiger partial charge in [-0.2, -0.15) is 0 Å². The average Bonchev–Trinajstić information content (AvgIpc) is 2.35. The summed E-state index contributed by atoms with van der Waals surface area (Å²) in [5, 5.41) is 8.99. The van der Waals surface area contributed by atoms with Crippen LogP contribution in [0.2, 0.25) is 0 Å². The van der Waals surface area contributed by atoms with Crippen molar-refractivity contribution in [2.75, 3.05) is 13.2 Å². The Hall–Kier alpha value is -1.70. The molecule has 0 saturated carbocycles. The van der Waals surface area contributed by atoms with Gasteiger partial charge in [0.1, 0.15) is 11.9 Å². The Morgan fingerprint density at radius 2 is 2.11 bits per heavy atom. The van der Waals surface area contributed by atoms with E-state index in [1.165, 1.54) is 0 Å². The second kappa shape index (κ2) is 11.4. The monoisotopic (exact) mass is 276 g/mol. The van der Waals surface area contributed by atoms with E-state index in [9.17, 15) is 19.7 Å². The van der Waals surface area contributed by atoms with Gasteiger partial charge in [-0.15, -0.1) is 10.1 Å². The quantitative estimate of drug-likeness (QED) is 0.226. The van der Waals surface area contributed by atoms with Gasteiger partial charge >= 0.3 is 0 Å². The van der Waals surface area contributed by atoms with E-state index < -0.39 is 11.2 Å². The molecule has 2 N–H and O–H groups in total. The van der Waals surface area contributed by atoms with Crippen LogP contribution in [0.5, 0.6) is 0 Å². The van der Waals surface area contributed by atoms with Crippen LogP contribution in [-0.2, 0) is 19.2 Å². The molecule has 1 atom stereocenters. The molecule has 0 bridgehead atoms. The van der Waals surface area contributed by atoms with Crippen LogP contribution in [0.15, 0.2) is 0 Å². The van der Waals surface area contributed by atoms with Gasteiger partial charge in [0, 0.05) is 12.8 Å². The summed E-state index contributed by atoms with van der Waals surface area (Å²) < 4.78 is 4.82. The number of ketones is 1. The van der Waals surface area contributed by atoms with Gasteiger partial charge in [-0.05, 0) is 32.2 Å². The number of ether oxygens (including phenoxy) is 1. The summed E-state index contributed by atoms with van der Waals surface area (Å²) in [4.78, 5) is 35.8. The fraction of sp³-hybridized carbons (Fsp3) is 0.818. The minimum atomic E-state index is -0.893. The van der Waals surface area contributed by atoms with Crippen LogP contribution < -0.4 is 5.73 Å². The standard InChI is InChI=1S/C11H20N2O6/c12-6-2-1-5-11(18-9-14)8-10(15)4-3-7-19-13(16)17/h9,11H,1-8,12H2. The maximum atomic E-state index is 11.6. The number of rotatable bonds is 13. The van der Waals surface area contributed by atoms with E-state index in [-0.39, 0.29) is 31.7 Å². The Bertz CT molecular complexity index is 284. The Labute approximate surface area is 111 Å². The molecule has 0 heterocycles. The van der Waals surface area contributed by atoms with Crippen molar-refractivity contribution in [1.82, 2.24) is 0 Å². The molecule has 0 aliphatic heterocycles. The smallest absolute Gasteiger partial charge is 0.294 e. The number of hydrogen-bond acceptors (Lipinski definition) is 7. The van der Waals surface area contributed by atoms with Crippen molar-refractivity contribution < 1.29 is 24.3 Å². The van der Waals surface area contributed by atoms with Crippen LogP contribution in [0.25, 0.3) is 0 Å². The lowest BCUT2D eigenvalue weighted by molar-refractivity contribution is -0.757. The van der Waals surface area contributed by atoms with Gasteiger partial charge in [0.05, 0.1) is 6.61 Å². The molecule has 19 heavy (non-hydrogen) atoms. The molecular formula is C11H20N2O6. The number of nitrogens with two attached hydrogens (primary N) is 1. The number of Topliss-reactive ketones (excluding diaryl/α,β-unsaturated/α-hetero) is 1. The molecule has 0 saturated heterocycles. The molecule has 110 valence electrons. The molecule has 0 amide bonds. The Balaban J connectivity index is 3.81. The highest BCUT2D eigenvalue weighted by molar-refractivity contribution is 5.78. The molecule has 0 radical (unpaired) electrons. The van der Waals surface area contributed by atoms with Crippen LogP contribution in [0.3, 0.4) is 0 Å². The molecule has 0 aromatic heterocycles. The topological polar surface area (TPSA) is 122 Å². The third kappa shape index (κ3) is 11.1. The van der Waals surface area contributed by atoms with Crippen LogP contribution in [0.1, 0.15) is 38.5 Å². The molecule has 8 heteroatoms. The van der Waals surface area contributed by atoms with Crippen LogP contribution >= 0.6 is 0 Å². The zero-order valence-electron chi connectivity index (χ0n) is 10.8. The molecular weight excluding hydrogens is 256 g/mol. The summed E-state index contributed by atoms with van der Waals surface area (Å²) in [7, 11) is 0. The Morgan fingerprint density at radius 3 is 2.68 bits per heavy atom. The van der Waals surface area contributed by atoms with Crippen molar-refractivity contribution in [2.45, 2.75) is 44.6 Å². The van der Waals surface area contributed by atoms with Gasteiger partial charge in [-0.1, -0.05) is 0 Å². The summed E-state index contributed by atoms with van der Waals surface area (Å²) in [6.07, 6.45) is 2.32. The van der Waals surface area contributed by atoms with Gasteiger partial charge in [0.2, 0.25) is 0 Å². The molecule has 0 aromatic carbocycles. The largest absolute Gasteiger partial charge is 0.464 e. The number of carbonyl (C=O) groups excluding carboxylic acids is 2. The zero-order chi connectivity index (χ0) is 14.5. The molecule has 1 unspecified atom stereocenters. The van der Waals surface area contributed by atoms with Crippen molar-refractivity contribution in [2.24, 2.45) is 5.73 Å². The first-order valence-electron chi connectivity index (χ1n) is 6.18. The van der Waals surface area contributed by atoms with E-state index in [1.807, 2.05) is 0 Å². The maximum Gasteiger partial charge on any atom is 0.294 e. The second-order valence-corrected chi connectivity index (χ2v) is 4.04. The normalized spacial score (nSPS) is 11.6. The van der Waals surface area contributed by atoms with E-state index in [1.54, 1.807) is 0 Å². The van der Waals surface area contributed by atoms with Crippen molar-refractivity contribution in [3.8, 4) is 0 Å². The van der Waals surface area contributed by atoms with Crippen molar-refractivity contribution in [1.29, 1.82) is 0 Å². The first-order chi connectivity index (χ1) is 9.10. The highest BCUT2D eigenvalue weighted by atomic mass is 16.9. The molecule has 0 aromatic rings. The summed E-state index contributed by atoms with van der Waals surface area (Å²) in [6.45, 7) is 0.779. The minimum absolute atomic E-state index is 0.105. The van der Waals surface area contributed by atoms with E-state index in [0.29, 0.717) is 19.4 Å². The fourth-order valence-corrected chi connectivity index (χ4v) is 1.58. The maximum absolute atomic E-state index is 11.6. The Morgan fingerprint density at radius 1 is 1.37 bits per heavy atom. The first kappa shape index (κ1) is 17.3. The molecule has 8 nitrogen and oxygen atoms in total. The van der Waals surface area contributed by atoms with Crippen LogP contribution in [-0.4, -0.2) is 36.6 Å². The Kier molecular flexibility index (Phi) is 10.4. The fourth-order valence-electron chi connectivity index (χ4n) is 1.58. The SMILES string of the molecule is NCCCCC(CC(=O)CCCO[N+](=O)[O-])OC=O. The van der Waals surface area contributed by atoms with Crippen molar-refractivity contribution in [3.05, 3.63) is 10.1 Å². The lowest BCUT2D eigenvalue weighted by Crippen LogP contribution is -2.18. The van der Waals surface area contributed by atoms with Gasteiger partial charge in [0.15, 0.2) is 0 Å². The summed E-state index contributed by atoms with van der Waals surface area (Å²) in [6, 6.07) is 0. The summed E-state index contributed by atoms with van der Waals surface area (Å²) in [5.41, 5.74) is 5.35.